The molecule has 1 N–H and O–H groups in total. The van der Waals surface area contributed by atoms with E-state index in [2.05, 4.69) is 5.32 Å². The van der Waals surface area contributed by atoms with Crippen LogP contribution in [0.1, 0.15) is 24.2 Å². The van der Waals surface area contributed by atoms with Gasteiger partial charge in [-0.2, -0.15) is 4.31 Å². The van der Waals surface area contributed by atoms with Gasteiger partial charge in [0.05, 0.1) is 28.8 Å². The van der Waals surface area contributed by atoms with Gasteiger partial charge in [-0.15, -0.1) is 0 Å². The van der Waals surface area contributed by atoms with Gasteiger partial charge in [-0.3, -0.25) is 4.79 Å². The molecule has 1 saturated heterocycles. The van der Waals surface area contributed by atoms with E-state index in [0.29, 0.717) is 30.4 Å². The van der Waals surface area contributed by atoms with E-state index in [0.717, 1.165) is 0 Å². The van der Waals surface area contributed by atoms with Gasteiger partial charge in [-0.05, 0) is 24.3 Å². The Kier molecular flexibility index (Phi) is 5.82. The standard InChI is InChI=1S/C20H20Cl2N2O6S/c1-20(2)29-16-4-3-12(9-17(16)30-20)23-19(25)13-10-18(15(22)11-14(13)21)31(26,27)24-5-7-28-8-6-24/h3-4,9-11H,5-8H2,1-2H3,(H,23,25). The quantitative estimate of drug-likeness (QED) is 0.706. The van der Waals surface area contributed by atoms with E-state index < -0.39 is 21.7 Å². The largest absolute Gasteiger partial charge is 0.449 e. The Labute approximate surface area is 190 Å². The van der Waals surface area contributed by atoms with Crippen molar-refractivity contribution in [3.8, 4) is 11.5 Å². The SMILES string of the molecule is CC1(C)Oc2ccc(NC(=O)c3cc(S(=O)(=O)N4CCOCC4)c(Cl)cc3Cl)cc2O1. The van der Waals surface area contributed by atoms with Gasteiger partial charge in [-0.1, -0.05) is 23.2 Å². The van der Waals surface area contributed by atoms with E-state index in [1.54, 1.807) is 32.0 Å². The fourth-order valence-electron chi connectivity index (χ4n) is 3.33. The van der Waals surface area contributed by atoms with Crippen molar-refractivity contribution < 1.29 is 27.4 Å². The van der Waals surface area contributed by atoms with Gasteiger partial charge in [0.2, 0.25) is 15.8 Å². The Morgan fingerprint density at radius 1 is 1.03 bits per heavy atom. The molecule has 2 heterocycles. The summed E-state index contributed by atoms with van der Waals surface area (Å²) in [7, 11) is -3.91. The molecule has 4 rings (SSSR count). The number of rotatable bonds is 4. The number of halogens is 2. The topological polar surface area (TPSA) is 94.2 Å². The first-order chi connectivity index (χ1) is 14.6. The molecule has 0 aliphatic carbocycles. The van der Waals surface area contributed by atoms with Crippen LogP contribution >= 0.6 is 23.2 Å². The number of benzene rings is 2. The van der Waals surface area contributed by atoms with Gasteiger partial charge < -0.3 is 19.5 Å². The Balaban J connectivity index is 1.61. The molecule has 11 heteroatoms. The van der Waals surface area contributed by atoms with E-state index in [9.17, 15) is 13.2 Å². The number of hydrogen-bond donors (Lipinski definition) is 1. The van der Waals surface area contributed by atoms with Gasteiger partial charge in [-0.25, -0.2) is 8.42 Å². The molecule has 0 radical (unpaired) electrons. The van der Waals surface area contributed by atoms with Gasteiger partial charge in [0.15, 0.2) is 11.5 Å². The molecule has 31 heavy (non-hydrogen) atoms. The van der Waals surface area contributed by atoms with Crippen LogP contribution in [0.15, 0.2) is 35.2 Å². The van der Waals surface area contributed by atoms with Crippen LogP contribution in [0.4, 0.5) is 5.69 Å². The smallest absolute Gasteiger partial charge is 0.257 e. The van der Waals surface area contributed by atoms with E-state index in [-0.39, 0.29) is 33.6 Å². The predicted octanol–water partition coefficient (Wildman–Crippen LogP) is 3.77. The Hall–Kier alpha value is -2.04. The number of carbonyl (C=O) groups excluding carboxylic acids is 1. The van der Waals surface area contributed by atoms with Crippen molar-refractivity contribution in [2.75, 3.05) is 31.6 Å². The first-order valence-corrected chi connectivity index (χ1v) is 11.7. The fraction of sp³-hybridized carbons (Fsp3) is 0.350. The maximum atomic E-state index is 13.0. The number of anilines is 1. The van der Waals surface area contributed by atoms with Crippen LogP contribution < -0.4 is 14.8 Å². The monoisotopic (exact) mass is 486 g/mol. The van der Waals surface area contributed by atoms with Crippen molar-refractivity contribution >= 4 is 44.8 Å². The maximum absolute atomic E-state index is 13.0. The molecule has 1 fully saturated rings. The average molecular weight is 487 g/mol. The van der Waals surface area contributed by atoms with Crippen molar-refractivity contribution in [2.45, 2.75) is 24.5 Å². The number of carbonyl (C=O) groups is 1. The molecule has 2 aromatic rings. The number of nitrogens with one attached hydrogen (secondary N) is 1. The van der Waals surface area contributed by atoms with Crippen LogP contribution in [-0.2, 0) is 14.8 Å². The molecule has 2 aliphatic rings. The second kappa shape index (κ2) is 8.14. The minimum absolute atomic E-state index is 0.0177. The number of hydrogen-bond acceptors (Lipinski definition) is 6. The third kappa shape index (κ3) is 4.47. The number of nitrogens with zero attached hydrogens (tertiary/aromatic N) is 1. The van der Waals surface area contributed by atoms with E-state index >= 15 is 0 Å². The van der Waals surface area contributed by atoms with Crippen LogP contribution in [0.3, 0.4) is 0 Å². The summed E-state index contributed by atoms with van der Waals surface area (Å²) < 4.78 is 43.8. The first-order valence-electron chi connectivity index (χ1n) is 9.47. The van der Waals surface area contributed by atoms with Crippen LogP contribution in [-0.4, -0.2) is 50.7 Å². The molecule has 2 aliphatic heterocycles. The normalized spacial score (nSPS) is 18.1. The lowest BCUT2D eigenvalue weighted by Crippen LogP contribution is -2.40. The summed E-state index contributed by atoms with van der Waals surface area (Å²) in [6, 6.07) is 7.40. The van der Waals surface area contributed by atoms with Crippen molar-refractivity contribution in [1.82, 2.24) is 4.31 Å². The Morgan fingerprint density at radius 3 is 2.42 bits per heavy atom. The van der Waals surface area contributed by atoms with Crippen molar-refractivity contribution in [3.05, 3.63) is 45.9 Å². The van der Waals surface area contributed by atoms with Crippen LogP contribution in [0, 0.1) is 0 Å². The van der Waals surface area contributed by atoms with Gasteiger partial charge in [0, 0.05) is 38.7 Å². The number of fused-ring (bicyclic) bond motifs is 1. The second-order valence-corrected chi connectivity index (χ2v) is 10.2. The van der Waals surface area contributed by atoms with Crippen molar-refractivity contribution in [1.29, 1.82) is 0 Å². The Bertz CT molecular complexity index is 1150. The zero-order chi connectivity index (χ0) is 22.4. The predicted molar refractivity (Wildman–Crippen MR) is 116 cm³/mol. The highest BCUT2D eigenvalue weighted by Crippen LogP contribution is 2.41. The molecular formula is C20H20Cl2N2O6S. The molecule has 2 aromatic carbocycles. The van der Waals surface area contributed by atoms with E-state index in [1.807, 2.05) is 0 Å². The summed E-state index contributed by atoms with van der Waals surface area (Å²) >= 11 is 12.4. The van der Waals surface area contributed by atoms with Crippen molar-refractivity contribution in [3.63, 3.8) is 0 Å². The molecule has 1 amide bonds. The number of sulfonamides is 1. The van der Waals surface area contributed by atoms with Gasteiger partial charge in [0.1, 0.15) is 4.90 Å². The third-order valence-electron chi connectivity index (χ3n) is 4.77. The molecule has 0 atom stereocenters. The van der Waals surface area contributed by atoms with Crippen LogP contribution in [0.5, 0.6) is 11.5 Å². The lowest BCUT2D eigenvalue weighted by molar-refractivity contribution is -0.0431. The summed E-state index contributed by atoms with van der Waals surface area (Å²) in [4.78, 5) is 12.7. The average Bonchev–Trinajstić information content (AvgIpc) is 3.01. The second-order valence-electron chi connectivity index (χ2n) is 7.50. The zero-order valence-electron chi connectivity index (χ0n) is 16.8. The third-order valence-corrected chi connectivity index (χ3v) is 7.44. The molecule has 0 spiro atoms. The zero-order valence-corrected chi connectivity index (χ0v) is 19.1. The molecular weight excluding hydrogens is 467 g/mol. The fourth-order valence-corrected chi connectivity index (χ4v) is 5.57. The molecule has 0 aromatic heterocycles. The minimum atomic E-state index is -3.91. The summed E-state index contributed by atoms with van der Waals surface area (Å²) in [5, 5.41) is 2.68. The summed E-state index contributed by atoms with van der Waals surface area (Å²) in [5.41, 5.74) is 0.421. The van der Waals surface area contributed by atoms with E-state index in [4.69, 9.17) is 37.4 Å². The van der Waals surface area contributed by atoms with Gasteiger partial charge >= 0.3 is 0 Å². The highest BCUT2D eigenvalue weighted by Gasteiger charge is 2.32. The number of morpholine rings is 1. The van der Waals surface area contributed by atoms with Crippen LogP contribution in [0.25, 0.3) is 0 Å². The summed E-state index contributed by atoms with van der Waals surface area (Å²) in [6.07, 6.45) is 0. The highest BCUT2D eigenvalue weighted by molar-refractivity contribution is 7.89. The van der Waals surface area contributed by atoms with E-state index in [1.165, 1.54) is 16.4 Å². The molecule has 0 bridgehead atoms. The minimum Gasteiger partial charge on any atom is -0.449 e. The lowest BCUT2D eigenvalue weighted by atomic mass is 10.2. The molecule has 0 saturated carbocycles. The lowest BCUT2D eigenvalue weighted by Gasteiger charge is -2.26. The molecule has 8 nitrogen and oxygen atoms in total. The Morgan fingerprint density at radius 2 is 1.71 bits per heavy atom. The van der Waals surface area contributed by atoms with Crippen molar-refractivity contribution in [2.24, 2.45) is 0 Å². The molecule has 0 unspecified atom stereocenters. The van der Waals surface area contributed by atoms with Crippen LogP contribution in [0.2, 0.25) is 10.0 Å². The van der Waals surface area contributed by atoms with Gasteiger partial charge in [0.25, 0.3) is 5.91 Å². The highest BCUT2D eigenvalue weighted by atomic mass is 35.5. The summed E-state index contributed by atoms with van der Waals surface area (Å²) in [6.45, 7) is 4.54. The maximum Gasteiger partial charge on any atom is 0.257 e. The number of amides is 1. The summed E-state index contributed by atoms with van der Waals surface area (Å²) in [5.74, 6) is -0.335. The first kappa shape index (κ1) is 22.2. The number of ether oxygens (including phenoxy) is 3. The molecule has 166 valence electrons.